The molecule has 1 aliphatic rings. The monoisotopic (exact) mass is 283 g/mol. The Hall–Kier alpha value is -0.540. The number of aromatic hydroxyl groups is 1. The third-order valence-electron chi connectivity index (χ3n) is 3.27. The van der Waals surface area contributed by atoms with E-state index in [1.165, 1.54) is 12.0 Å². The molecule has 1 saturated heterocycles. The number of alkyl halides is 1. The van der Waals surface area contributed by atoms with E-state index < -0.39 is 0 Å². The number of likely N-dealkylation sites (tertiary alicyclic amines) is 1. The fourth-order valence-electron chi connectivity index (χ4n) is 2.14. The summed E-state index contributed by atoms with van der Waals surface area (Å²) in [5.41, 5.74) is 1.19. The number of halogens is 1. The van der Waals surface area contributed by atoms with Crippen LogP contribution >= 0.6 is 15.9 Å². The van der Waals surface area contributed by atoms with Crippen molar-refractivity contribution in [3.05, 3.63) is 29.8 Å². The summed E-state index contributed by atoms with van der Waals surface area (Å²) in [4.78, 5) is 3.03. The Labute approximate surface area is 105 Å². The number of nitrogens with zero attached hydrogens (tertiary/aromatic N) is 1. The summed E-state index contributed by atoms with van der Waals surface area (Å²) < 4.78 is 0. The molecule has 2 nitrogen and oxygen atoms in total. The molecule has 1 heterocycles. The Morgan fingerprint density at radius 1 is 1.50 bits per heavy atom. The SMILES string of the molecule is CC1CCN(Cc2cccc(O)c2)CC1Br. The zero-order chi connectivity index (χ0) is 11.5. The molecular formula is C13H18BrNO. The summed E-state index contributed by atoms with van der Waals surface area (Å²) in [7, 11) is 0. The second kappa shape index (κ2) is 5.19. The van der Waals surface area contributed by atoms with Crippen molar-refractivity contribution in [3.63, 3.8) is 0 Å². The van der Waals surface area contributed by atoms with E-state index in [2.05, 4.69) is 33.8 Å². The lowest BCUT2D eigenvalue weighted by molar-refractivity contribution is 0.194. The molecule has 1 aromatic carbocycles. The van der Waals surface area contributed by atoms with Gasteiger partial charge in [-0.25, -0.2) is 0 Å². The Bertz CT molecular complexity index is 356. The van der Waals surface area contributed by atoms with Crippen molar-refractivity contribution in [1.29, 1.82) is 0 Å². The van der Waals surface area contributed by atoms with Crippen LogP contribution < -0.4 is 0 Å². The molecule has 2 unspecified atom stereocenters. The molecule has 0 saturated carbocycles. The molecule has 2 rings (SSSR count). The topological polar surface area (TPSA) is 23.5 Å². The predicted molar refractivity (Wildman–Crippen MR) is 69.9 cm³/mol. The van der Waals surface area contributed by atoms with Gasteiger partial charge in [-0.15, -0.1) is 0 Å². The van der Waals surface area contributed by atoms with E-state index in [0.29, 0.717) is 10.6 Å². The van der Waals surface area contributed by atoms with Gasteiger partial charge in [-0.3, -0.25) is 4.90 Å². The van der Waals surface area contributed by atoms with E-state index in [1.807, 2.05) is 12.1 Å². The van der Waals surface area contributed by atoms with E-state index in [1.54, 1.807) is 6.07 Å². The lowest BCUT2D eigenvalue weighted by Crippen LogP contribution is -2.39. The highest BCUT2D eigenvalue weighted by atomic mass is 79.9. The average molecular weight is 284 g/mol. The minimum atomic E-state index is 0.360. The van der Waals surface area contributed by atoms with Crippen LogP contribution in [0, 0.1) is 5.92 Å². The summed E-state index contributed by atoms with van der Waals surface area (Å²) >= 11 is 3.73. The highest BCUT2D eigenvalue weighted by Gasteiger charge is 2.23. The smallest absolute Gasteiger partial charge is 0.115 e. The number of benzene rings is 1. The predicted octanol–water partition coefficient (Wildman–Crippen LogP) is 3.00. The number of phenols is 1. The molecule has 1 aliphatic heterocycles. The van der Waals surface area contributed by atoms with Crippen LogP contribution in [0.25, 0.3) is 0 Å². The summed E-state index contributed by atoms with van der Waals surface area (Å²) in [6.07, 6.45) is 1.24. The van der Waals surface area contributed by atoms with E-state index in [4.69, 9.17) is 0 Å². The van der Waals surface area contributed by atoms with Gasteiger partial charge >= 0.3 is 0 Å². The lowest BCUT2D eigenvalue weighted by Gasteiger charge is -2.34. The maximum atomic E-state index is 9.41. The van der Waals surface area contributed by atoms with Gasteiger partial charge in [-0.2, -0.15) is 0 Å². The molecule has 0 aromatic heterocycles. The number of hydrogen-bond donors (Lipinski definition) is 1. The van der Waals surface area contributed by atoms with Gasteiger partial charge in [0.2, 0.25) is 0 Å². The van der Waals surface area contributed by atoms with Gasteiger partial charge in [0.15, 0.2) is 0 Å². The van der Waals surface area contributed by atoms with E-state index in [-0.39, 0.29) is 0 Å². The van der Waals surface area contributed by atoms with Crippen molar-refractivity contribution in [2.45, 2.75) is 24.7 Å². The third kappa shape index (κ3) is 2.98. The normalized spacial score (nSPS) is 26.9. The van der Waals surface area contributed by atoms with Crippen molar-refractivity contribution < 1.29 is 5.11 Å². The summed E-state index contributed by atoms with van der Waals surface area (Å²) in [5, 5.41) is 9.41. The lowest BCUT2D eigenvalue weighted by atomic mass is 9.98. The third-order valence-corrected chi connectivity index (χ3v) is 4.46. The average Bonchev–Trinajstić information content (AvgIpc) is 2.24. The molecule has 88 valence electrons. The Balaban J connectivity index is 1.95. The largest absolute Gasteiger partial charge is 0.508 e. The first kappa shape index (κ1) is 11.9. The molecule has 1 aromatic rings. The summed E-state index contributed by atoms with van der Waals surface area (Å²) in [5.74, 6) is 1.12. The first-order valence-corrected chi connectivity index (χ1v) is 6.71. The van der Waals surface area contributed by atoms with Crippen molar-refractivity contribution in [2.75, 3.05) is 13.1 Å². The summed E-state index contributed by atoms with van der Waals surface area (Å²) in [6, 6.07) is 7.54. The molecule has 0 aliphatic carbocycles. The molecule has 1 N–H and O–H groups in total. The fraction of sp³-hybridized carbons (Fsp3) is 0.538. The number of hydrogen-bond acceptors (Lipinski definition) is 2. The van der Waals surface area contributed by atoms with Gasteiger partial charge in [-0.05, 0) is 36.6 Å². The van der Waals surface area contributed by atoms with Gasteiger partial charge < -0.3 is 5.11 Å². The van der Waals surface area contributed by atoms with Gasteiger partial charge in [0, 0.05) is 17.9 Å². The number of rotatable bonds is 2. The van der Waals surface area contributed by atoms with Crippen LogP contribution in [0.3, 0.4) is 0 Å². The van der Waals surface area contributed by atoms with Gasteiger partial charge in [0.25, 0.3) is 0 Å². The highest BCUT2D eigenvalue weighted by Crippen LogP contribution is 2.24. The second-order valence-electron chi connectivity index (χ2n) is 4.69. The molecule has 0 bridgehead atoms. The molecule has 0 radical (unpaired) electrons. The molecule has 16 heavy (non-hydrogen) atoms. The molecule has 1 fully saturated rings. The minimum Gasteiger partial charge on any atom is -0.508 e. The van der Waals surface area contributed by atoms with Crippen LogP contribution in [0.5, 0.6) is 5.75 Å². The Morgan fingerprint density at radius 2 is 2.31 bits per heavy atom. The standard InChI is InChI=1S/C13H18BrNO/c1-10-5-6-15(9-13(10)14)8-11-3-2-4-12(16)7-11/h2-4,7,10,13,16H,5-6,8-9H2,1H3. The Kier molecular flexibility index (Phi) is 3.87. The maximum Gasteiger partial charge on any atom is 0.115 e. The number of phenolic OH excluding ortho intramolecular Hbond substituents is 1. The van der Waals surface area contributed by atoms with E-state index in [9.17, 15) is 5.11 Å². The van der Waals surface area contributed by atoms with Crippen LogP contribution in [0.1, 0.15) is 18.9 Å². The summed E-state index contributed by atoms with van der Waals surface area (Å²) in [6.45, 7) is 5.48. The van der Waals surface area contributed by atoms with Crippen molar-refractivity contribution in [2.24, 2.45) is 5.92 Å². The second-order valence-corrected chi connectivity index (χ2v) is 5.86. The minimum absolute atomic E-state index is 0.360. The van der Waals surface area contributed by atoms with Crippen LogP contribution in [-0.4, -0.2) is 27.9 Å². The van der Waals surface area contributed by atoms with E-state index in [0.717, 1.165) is 25.6 Å². The van der Waals surface area contributed by atoms with E-state index >= 15 is 0 Å². The van der Waals surface area contributed by atoms with Crippen LogP contribution in [-0.2, 0) is 6.54 Å². The van der Waals surface area contributed by atoms with Crippen LogP contribution in [0.2, 0.25) is 0 Å². The molecule has 0 amide bonds. The first-order valence-electron chi connectivity index (χ1n) is 5.79. The molecule has 0 spiro atoms. The van der Waals surface area contributed by atoms with Crippen LogP contribution in [0.4, 0.5) is 0 Å². The van der Waals surface area contributed by atoms with Gasteiger partial charge in [-0.1, -0.05) is 35.0 Å². The van der Waals surface area contributed by atoms with Crippen molar-refractivity contribution in [3.8, 4) is 5.75 Å². The Morgan fingerprint density at radius 3 is 3.00 bits per heavy atom. The maximum absolute atomic E-state index is 9.41. The molecule has 2 atom stereocenters. The van der Waals surface area contributed by atoms with Crippen molar-refractivity contribution >= 4 is 15.9 Å². The number of piperidine rings is 1. The van der Waals surface area contributed by atoms with Gasteiger partial charge in [0.1, 0.15) is 5.75 Å². The molecule has 3 heteroatoms. The van der Waals surface area contributed by atoms with Crippen LogP contribution in [0.15, 0.2) is 24.3 Å². The first-order chi connectivity index (χ1) is 7.65. The zero-order valence-corrected chi connectivity index (χ0v) is 11.2. The van der Waals surface area contributed by atoms with Crippen molar-refractivity contribution in [1.82, 2.24) is 4.90 Å². The quantitative estimate of drug-likeness (QED) is 0.844. The fourth-order valence-corrected chi connectivity index (χ4v) is 2.82. The molecular weight excluding hydrogens is 266 g/mol. The zero-order valence-electron chi connectivity index (χ0n) is 9.56. The highest BCUT2D eigenvalue weighted by molar-refractivity contribution is 9.09. The van der Waals surface area contributed by atoms with Gasteiger partial charge in [0.05, 0.1) is 0 Å².